The Bertz CT molecular complexity index is 922. The van der Waals surface area contributed by atoms with Crippen LogP contribution in [0.1, 0.15) is 63.8 Å². The summed E-state index contributed by atoms with van der Waals surface area (Å²) in [4.78, 5) is 38.7. The molecule has 0 radical (unpaired) electrons. The van der Waals surface area contributed by atoms with Crippen molar-refractivity contribution in [3.05, 3.63) is 51.7 Å². The fourth-order valence-electron chi connectivity index (χ4n) is 3.41. The third-order valence-corrected chi connectivity index (χ3v) is 5.83. The molecule has 2 aromatic rings. The van der Waals surface area contributed by atoms with E-state index in [4.69, 9.17) is 9.47 Å². The van der Waals surface area contributed by atoms with E-state index in [-0.39, 0.29) is 30.3 Å². The van der Waals surface area contributed by atoms with Crippen LogP contribution in [0.3, 0.4) is 0 Å². The van der Waals surface area contributed by atoms with E-state index >= 15 is 0 Å². The minimum absolute atomic E-state index is 0.166. The Kier molecular flexibility index (Phi) is 6.64. The first-order chi connectivity index (χ1) is 14.0. The largest absolute Gasteiger partial charge is 0.466 e. The van der Waals surface area contributed by atoms with Gasteiger partial charge in [-0.15, -0.1) is 11.3 Å². The lowest BCUT2D eigenvalue weighted by atomic mass is 9.85. The first-order valence-corrected chi connectivity index (χ1v) is 10.3. The molecular weight excluding hydrogens is 397 g/mol. The molecule has 29 heavy (non-hydrogen) atoms. The molecule has 1 aliphatic carbocycles. The van der Waals surface area contributed by atoms with Gasteiger partial charge in [-0.2, -0.15) is 0 Å². The SMILES string of the molecule is CCOC(=O)c1c(NC(=O)c2ccc(F)cc2)sc2c1C(C(=O)OCC)CCC2. The number of anilines is 1. The molecule has 0 saturated carbocycles. The van der Waals surface area contributed by atoms with E-state index in [9.17, 15) is 18.8 Å². The number of fused-ring (bicyclic) bond motifs is 1. The van der Waals surface area contributed by atoms with Crippen molar-refractivity contribution >= 4 is 34.2 Å². The number of carbonyl (C=O) groups excluding carboxylic acids is 3. The molecule has 1 aromatic carbocycles. The number of hydrogen-bond acceptors (Lipinski definition) is 6. The van der Waals surface area contributed by atoms with Gasteiger partial charge in [-0.1, -0.05) is 0 Å². The zero-order valence-electron chi connectivity index (χ0n) is 16.2. The van der Waals surface area contributed by atoms with Gasteiger partial charge in [0.25, 0.3) is 5.91 Å². The highest BCUT2D eigenvalue weighted by Gasteiger charge is 2.36. The van der Waals surface area contributed by atoms with Crippen LogP contribution in [0.5, 0.6) is 0 Å². The van der Waals surface area contributed by atoms with Gasteiger partial charge in [-0.05, 0) is 62.9 Å². The van der Waals surface area contributed by atoms with Gasteiger partial charge in [0.2, 0.25) is 0 Å². The number of nitrogens with one attached hydrogen (secondary N) is 1. The van der Waals surface area contributed by atoms with Crippen LogP contribution in [-0.2, 0) is 20.7 Å². The van der Waals surface area contributed by atoms with Gasteiger partial charge in [0, 0.05) is 10.4 Å². The Balaban J connectivity index is 2.01. The van der Waals surface area contributed by atoms with Crippen molar-refractivity contribution in [3.63, 3.8) is 0 Å². The van der Waals surface area contributed by atoms with Crippen molar-refractivity contribution in [1.29, 1.82) is 0 Å². The normalized spacial score (nSPS) is 15.3. The van der Waals surface area contributed by atoms with Crippen molar-refractivity contribution in [2.45, 2.75) is 39.0 Å². The molecule has 3 rings (SSSR count). The van der Waals surface area contributed by atoms with Crippen LogP contribution in [0.15, 0.2) is 24.3 Å². The highest BCUT2D eigenvalue weighted by atomic mass is 32.1. The number of halogens is 1. The molecule has 154 valence electrons. The Morgan fingerprint density at radius 3 is 2.48 bits per heavy atom. The molecule has 1 N–H and O–H groups in total. The summed E-state index contributed by atoms with van der Waals surface area (Å²) in [5, 5.41) is 3.07. The van der Waals surface area contributed by atoms with Gasteiger partial charge in [0.05, 0.1) is 24.7 Å². The van der Waals surface area contributed by atoms with E-state index in [1.807, 2.05) is 0 Å². The number of rotatable bonds is 6. The number of thiophene rings is 1. The Morgan fingerprint density at radius 2 is 1.83 bits per heavy atom. The van der Waals surface area contributed by atoms with Crippen LogP contribution in [0.25, 0.3) is 0 Å². The van der Waals surface area contributed by atoms with Crippen molar-refractivity contribution in [2.24, 2.45) is 0 Å². The van der Waals surface area contributed by atoms with Crippen molar-refractivity contribution in [3.8, 4) is 0 Å². The van der Waals surface area contributed by atoms with Gasteiger partial charge < -0.3 is 14.8 Å². The van der Waals surface area contributed by atoms with Gasteiger partial charge in [-0.25, -0.2) is 9.18 Å². The van der Waals surface area contributed by atoms with E-state index in [0.717, 1.165) is 11.3 Å². The second-order valence-electron chi connectivity index (χ2n) is 6.52. The molecule has 1 amide bonds. The zero-order valence-corrected chi connectivity index (χ0v) is 17.1. The summed E-state index contributed by atoms with van der Waals surface area (Å²) < 4.78 is 23.5. The zero-order chi connectivity index (χ0) is 21.0. The maximum Gasteiger partial charge on any atom is 0.341 e. The van der Waals surface area contributed by atoms with E-state index in [1.165, 1.54) is 35.6 Å². The minimum Gasteiger partial charge on any atom is -0.466 e. The summed E-state index contributed by atoms with van der Waals surface area (Å²) in [7, 11) is 0. The number of hydrogen-bond donors (Lipinski definition) is 1. The minimum atomic E-state index is -0.587. The summed E-state index contributed by atoms with van der Waals surface area (Å²) in [6.07, 6.45) is 2.06. The standard InChI is InChI=1S/C21H22FNO5S/c1-3-27-20(25)14-6-5-7-15-16(14)17(21(26)28-4-2)19(29-15)23-18(24)12-8-10-13(22)11-9-12/h8-11,14H,3-7H2,1-2H3,(H,23,24). The lowest BCUT2D eigenvalue weighted by molar-refractivity contribution is -0.145. The predicted octanol–water partition coefficient (Wildman–Crippen LogP) is 4.30. The molecule has 0 bridgehead atoms. The molecule has 1 aliphatic rings. The topological polar surface area (TPSA) is 81.7 Å². The Morgan fingerprint density at radius 1 is 1.14 bits per heavy atom. The summed E-state index contributed by atoms with van der Waals surface area (Å²) in [6, 6.07) is 5.11. The molecular formula is C21H22FNO5S. The fourth-order valence-corrected chi connectivity index (χ4v) is 4.69. The highest BCUT2D eigenvalue weighted by Crippen LogP contribution is 2.44. The van der Waals surface area contributed by atoms with E-state index < -0.39 is 23.6 Å². The first kappa shape index (κ1) is 21.0. The summed E-state index contributed by atoms with van der Waals surface area (Å²) in [6.45, 7) is 3.84. The number of benzene rings is 1. The molecule has 0 saturated heterocycles. The van der Waals surface area contributed by atoms with Gasteiger partial charge in [-0.3, -0.25) is 9.59 Å². The number of carbonyl (C=O) groups is 3. The Labute approximate surface area is 172 Å². The maximum atomic E-state index is 13.1. The second-order valence-corrected chi connectivity index (χ2v) is 7.63. The predicted molar refractivity (Wildman–Crippen MR) is 107 cm³/mol. The van der Waals surface area contributed by atoms with Crippen LogP contribution >= 0.6 is 11.3 Å². The lowest BCUT2D eigenvalue weighted by Crippen LogP contribution is -2.23. The van der Waals surface area contributed by atoms with Crippen LogP contribution in [0.2, 0.25) is 0 Å². The average Bonchev–Trinajstić information content (AvgIpc) is 3.06. The van der Waals surface area contributed by atoms with Crippen molar-refractivity contribution in [1.82, 2.24) is 0 Å². The van der Waals surface area contributed by atoms with Crippen LogP contribution < -0.4 is 5.32 Å². The number of amides is 1. The summed E-state index contributed by atoms with van der Waals surface area (Å²) in [5.74, 6) is -2.45. The average molecular weight is 419 g/mol. The van der Waals surface area contributed by atoms with E-state index in [1.54, 1.807) is 13.8 Å². The molecule has 8 heteroatoms. The molecule has 6 nitrogen and oxygen atoms in total. The number of ether oxygens (including phenoxy) is 2. The first-order valence-electron chi connectivity index (χ1n) is 9.52. The van der Waals surface area contributed by atoms with Gasteiger partial charge in [0.1, 0.15) is 10.8 Å². The maximum absolute atomic E-state index is 13.1. The molecule has 1 atom stereocenters. The third kappa shape index (κ3) is 4.48. The van der Waals surface area contributed by atoms with Crippen LogP contribution in [-0.4, -0.2) is 31.1 Å². The second kappa shape index (κ2) is 9.17. The van der Waals surface area contributed by atoms with Crippen LogP contribution in [0.4, 0.5) is 9.39 Å². The van der Waals surface area contributed by atoms with Crippen molar-refractivity contribution < 1.29 is 28.2 Å². The molecule has 1 heterocycles. The van der Waals surface area contributed by atoms with Gasteiger partial charge >= 0.3 is 11.9 Å². The van der Waals surface area contributed by atoms with E-state index in [2.05, 4.69) is 5.32 Å². The molecule has 1 unspecified atom stereocenters. The molecule has 0 spiro atoms. The smallest absolute Gasteiger partial charge is 0.341 e. The van der Waals surface area contributed by atoms with Gasteiger partial charge in [0.15, 0.2) is 0 Å². The van der Waals surface area contributed by atoms with Crippen molar-refractivity contribution in [2.75, 3.05) is 18.5 Å². The Hall–Kier alpha value is -2.74. The van der Waals surface area contributed by atoms with Crippen LogP contribution in [0, 0.1) is 5.82 Å². The third-order valence-electron chi connectivity index (χ3n) is 4.65. The number of esters is 2. The summed E-state index contributed by atoms with van der Waals surface area (Å²) in [5.41, 5.74) is 1.06. The molecule has 0 aliphatic heterocycles. The number of aryl methyl sites for hydroxylation is 1. The highest BCUT2D eigenvalue weighted by molar-refractivity contribution is 7.17. The lowest BCUT2D eigenvalue weighted by Gasteiger charge is -2.22. The van der Waals surface area contributed by atoms with E-state index in [0.29, 0.717) is 23.4 Å². The molecule has 0 fully saturated rings. The fraction of sp³-hybridized carbons (Fsp3) is 0.381. The summed E-state index contributed by atoms with van der Waals surface area (Å²) >= 11 is 1.27. The quantitative estimate of drug-likeness (QED) is 0.706. The monoisotopic (exact) mass is 419 g/mol. The molecule has 1 aromatic heterocycles.